The average Bonchev–Trinajstić information content (AvgIpc) is 2.76. The third-order valence-electron chi connectivity index (χ3n) is 4.44. The molecule has 0 saturated carbocycles. The number of ether oxygens (including phenoxy) is 1. The van der Waals surface area contributed by atoms with Gasteiger partial charge in [0.15, 0.2) is 0 Å². The standard InChI is InChI=1S/C22H19FN6O/c1-25-11-15-9-14(10-18(23)20(15)16-12-28-21(24)29-13-16)17-5-2-3-6-19(17)30-22-26-7-4-8-27-22/h2-10,12-13,25H,11H2,1H3,(H2,24,28,29). The van der Waals surface area contributed by atoms with Crippen LogP contribution in [0.4, 0.5) is 10.3 Å². The maximum atomic E-state index is 15.3. The molecule has 3 N–H and O–H groups in total. The van der Waals surface area contributed by atoms with Crippen LogP contribution in [-0.4, -0.2) is 27.0 Å². The SMILES string of the molecule is CNCc1cc(-c2ccccc2Oc2ncccn2)cc(F)c1-c1cnc(N)nc1. The van der Waals surface area contributed by atoms with Gasteiger partial charge in [0.2, 0.25) is 5.95 Å². The number of benzene rings is 2. The molecule has 0 spiro atoms. The van der Waals surface area contributed by atoms with E-state index < -0.39 is 5.82 Å². The lowest BCUT2D eigenvalue weighted by atomic mass is 9.95. The smallest absolute Gasteiger partial charge is 0.321 e. The number of hydrogen-bond acceptors (Lipinski definition) is 7. The summed E-state index contributed by atoms with van der Waals surface area (Å²) in [6, 6.07) is 12.7. The van der Waals surface area contributed by atoms with Crippen molar-refractivity contribution in [2.45, 2.75) is 6.54 Å². The fourth-order valence-corrected chi connectivity index (χ4v) is 3.17. The van der Waals surface area contributed by atoms with Crippen molar-refractivity contribution in [3.63, 3.8) is 0 Å². The average molecular weight is 402 g/mol. The van der Waals surface area contributed by atoms with Crippen LogP contribution in [0.25, 0.3) is 22.3 Å². The fourth-order valence-electron chi connectivity index (χ4n) is 3.17. The van der Waals surface area contributed by atoms with Gasteiger partial charge in [-0.1, -0.05) is 18.2 Å². The predicted octanol–water partition coefficient (Wildman–Crippen LogP) is 3.83. The molecule has 0 aliphatic carbocycles. The van der Waals surface area contributed by atoms with Crippen molar-refractivity contribution in [2.75, 3.05) is 12.8 Å². The Labute approximate surface area is 172 Å². The van der Waals surface area contributed by atoms with Crippen LogP contribution < -0.4 is 15.8 Å². The van der Waals surface area contributed by atoms with Crippen LogP contribution in [-0.2, 0) is 6.54 Å². The van der Waals surface area contributed by atoms with Crippen LogP contribution in [0.2, 0.25) is 0 Å². The van der Waals surface area contributed by atoms with Gasteiger partial charge >= 0.3 is 6.01 Å². The predicted molar refractivity (Wildman–Crippen MR) is 112 cm³/mol. The molecule has 0 radical (unpaired) electrons. The molecular weight excluding hydrogens is 383 g/mol. The van der Waals surface area contributed by atoms with E-state index in [4.69, 9.17) is 10.5 Å². The molecule has 8 heteroatoms. The highest BCUT2D eigenvalue weighted by Gasteiger charge is 2.17. The highest BCUT2D eigenvalue weighted by atomic mass is 19.1. The Balaban J connectivity index is 1.80. The van der Waals surface area contributed by atoms with Gasteiger partial charge in [-0.05, 0) is 42.4 Å². The zero-order valence-electron chi connectivity index (χ0n) is 16.2. The first kappa shape index (κ1) is 19.4. The van der Waals surface area contributed by atoms with Crippen LogP contribution in [0.15, 0.2) is 67.3 Å². The van der Waals surface area contributed by atoms with Gasteiger partial charge in [-0.25, -0.2) is 24.3 Å². The van der Waals surface area contributed by atoms with Gasteiger partial charge in [-0.2, -0.15) is 0 Å². The molecule has 7 nitrogen and oxygen atoms in total. The van der Waals surface area contributed by atoms with Crippen molar-refractivity contribution in [3.05, 3.63) is 78.6 Å². The molecule has 150 valence electrons. The molecule has 0 bridgehead atoms. The van der Waals surface area contributed by atoms with Crippen molar-refractivity contribution < 1.29 is 9.13 Å². The Morgan fingerprint density at radius 1 is 0.967 bits per heavy atom. The third kappa shape index (κ3) is 4.08. The molecule has 0 aliphatic heterocycles. The highest BCUT2D eigenvalue weighted by molar-refractivity contribution is 5.77. The quantitative estimate of drug-likeness (QED) is 0.506. The summed E-state index contributed by atoms with van der Waals surface area (Å²) in [5.41, 5.74) is 8.70. The van der Waals surface area contributed by atoms with Gasteiger partial charge < -0.3 is 15.8 Å². The highest BCUT2D eigenvalue weighted by Crippen LogP contribution is 2.36. The van der Waals surface area contributed by atoms with E-state index in [1.807, 2.05) is 24.3 Å². The fraction of sp³-hybridized carbons (Fsp3) is 0.0909. The van der Waals surface area contributed by atoms with E-state index in [0.29, 0.717) is 29.0 Å². The topological polar surface area (TPSA) is 98.8 Å². The maximum absolute atomic E-state index is 15.3. The number of nitrogens with zero attached hydrogens (tertiary/aromatic N) is 4. The summed E-state index contributed by atoms with van der Waals surface area (Å²) in [4.78, 5) is 16.2. The Morgan fingerprint density at radius 2 is 1.70 bits per heavy atom. The summed E-state index contributed by atoms with van der Waals surface area (Å²) in [7, 11) is 1.80. The second-order valence-electron chi connectivity index (χ2n) is 6.48. The number of rotatable bonds is 6. The van der Waals surface area contributed by atoms with E-state index in [1.165, 1.54) is 18.5 Å². The molecule has 0 aliphatic rings. The first-order valence-electron chi connectivity index (χ1n) is 9.25. The lowest BCUT2D eigenvalue weighted by Gasteiger charge is -2.15. The van der Waals surface area contributed by atoms with Gasteiger partial charge in [-0.3, -0.25) is 0 Å². The largest absolute Gasteiger partial charge is 0.424 e. The van der Waals surface area contributed by atoms with Crippen LogP contribution in [0, 0.1) is 5.82 Å². The number of aromatic nitrogens is 4. The minimum atomic E-state index is -0.392. The summed E-state index contributed by atoms with van der Waals surface area (Å²) in [6.07, 6.45) is 6.23. The number of nitrogens with two attached hydrogens (primary N) is 1. The zero-order valence-corrected chi connectivity index (χ0v) is 16.2. The Morgan fingerprint density at radius 3 is 2.43 bits per heavy atom. The van der Waals surface area contributed by atoms with Crippen molar-refractivity contribution >= 4 is 5.95 Å². The van der Waals surface area contributed by atoms with Crippen LogP contribution in [0.3, 0.4) is 0 Å². The molecule has 30 heavy (non-hydrogen) atoms. The second-order valence-corrected chi connectivity index (χ2v) is 6.48. The number of hydrogen-bond donors (Lipinski definition) is 2. The van der Waals surface area contributed by atoms with Gasteiger partial charge in [-0.15, -0.1) is 0 Å². The van der Waals surface area contributed by atoms with E-state index in [2.05, 4.69) is 25.3 Å². The summed E-state index contributed by atoms with van der Waals surface area (Å²) in [6.45, 7) is 0.454. The zero-order chi connectivity index (χ0) is 20.9. The number of anilines is 1. The summed E-state index contributed by atoms with van der Waals surface area (Å²) in [5, 5.41) is 3.08. The van der Waals surface area contributed by atoms with Crippen LogP contribution in [0.1, 0.15) is 5.56 Å². The summed E-state index contributed by atoms with van der Waals surface area (Å²) in [5.74, 6) is 0.277. The summed E-state index contributed by atoms with van der Waals surface area (Å²) >= 11 is 0. The molecule has 4 aromatic rings. The molecule has 2 aromatic heterocycles. The molecule has 0 saturated heterocycles. The molecule has 2 aromatic carbocycles. The maximum Gasteiger partial charge on any atom is 0.321 e. The summed E-state index contributed by atoms with van der Waals surface area (Å²) < 4.78 is 21.1. The third-order valence-corrected chi connectivity index (χ3v) is 4.44. The molecule has 4 rings (SSSR count). The van der Waals surface area contributed by atoms with E-state index in [0.717, 1.165) is 11.1 Å². The lowest BCUT2D eigenvalue weighted by molar-refractivity contribution is 0.443. The Hall–Kier alpha value is -3.91. The Bertz CT molecular complexity index is 1150. The van der Waals surface area contributed by atoms with Crippen molar-refractivity contribution in [1.82, 2.24) is 25.3 Å². The normalized spacial score (nSPS) is 10.7. The van der Waals surface area contributed by atoms with Gasteiger partial charge in [0.25, 0.3) is 0 Å². The molecule has 2 heterocycles. The molecule has 0 unspecified atom stereocenters. The first-order valence-corrected chi connectivity index (χ1v) is 9.25. The monoisotopic (exact) mass is 402 g/mol. The first-order chi connectivity index (χ1) is 14.7. The van der Waals surface area contributed by atoms with Crippen LogP contribution in [0.5, 0.6) is 11.8 Å². The second kappa shape index (κ2) is 8.62. The van der Waals surface area contributed by atoms with Gasteiger partial charge in [0, 0.05) is 48.0 Å². The van der Waals surface area contributed by atoms with Crippen molar-refractivity contribution in [3.8, 4) is 34.0 Å². The number of nitrogens with one attached hydrogen (secondary N) is 1. The Kier molecular flexibility index (Phi) is 5.58. The van der Waals surface area contributed by atoms with Gasteiger partial charge in [0.05, 0.1) is 0 Å². The number of para-hydroxylation sites is 1. The minimum Gasteiger partial charge on any atom is -0.424 e. The molecule has 0 atom stereocenters. The van der Waals surface area contributed by atoms with Crippen LogP contribution >= 0.6 is 0 Å². The lowest BCUT2D eigenvalue weighted by Crippen LogP contribution is -2.08. The van der Waals surface area contributed by atoms with Crippen molar-refractivity contribution in [2.24, 2.45) is 0 Å². The van der Waals surface area contributed by atoms with E-state index >= 15 is 4.39 Å². The minimum absolute atomic E-state index is 0.139. The number of halogens is 1. The van der Waals surface area contributed by atoms with E-state index in [9.17, 15) is 0 Å². The number of nitrogen functional groups attached to an aromatic ring is 1. The van der Waals surface area contributed by atoms with Crippen molar-refractivity contribution in [1.29, 1.82) is 0 Å². The van der Waals surface area contributed by atoms with Gasteiger partial charge in [0.1, 0.15) is 11.6 Å². The molecule has 0 amide bonds. The molecular formula is C22H19FN6O. The van der Waals surface area contributed by atoms with E-state index in [-0.39, 0.29) is 12.0 Å². The molecule has 0 fully saturated rings. The van der Waals surface area contributed by atoms with E-state index in [1.54, 1.807) is 31.6 Å².